The fraction of sp³-hybridized carbons (Fsp3) is 0. The van der Waals surface area contributed by atoms with Crippen LogP contribution in [-0.4, -0.2) is 14.4 Å². The van der Waals surface area contributed by atoms with Crippen molar-refractivity contribution in [2.45, 2.75) is 0 Å². The molecule has 0 bridgehead atoms. The molecule has 0 unspecified atom stereocenters. The molecule has 1 aliphatic heterocycles. The second-order valence-electron chi connectivity index (χ2n) is 2.87. The van der Waals surface area contributed by atoms with Crippen LogP contribution in [0.1, 0.15) is 0 Å². The van der Waals surface area contributed by atoms with Crippen molar-refractivity contribution in [1.29, 1.82) is 0 Å². The van der Waals surface area contributed by atoms with Gasteiger partial charge >= 0.3 is 0 Å². The predicted octanol–water partition coefficient (Wildman–Crippen LogP) is 0.332. The summed E-state index contributed by atoms with van der Waals surface area (Å²) in [7, 11) is 0. The maximum absolute atomic E-state index is 11.4. The van der Waals surface area contributed by atoms with Crippen LogP contribution in [0.3, 0.4) is 0 Å². The van der Waals surface area contributed by atoms with E-state index < -0.39 is 0 Å². The quantitative estimate of drug-likeness (QED) is 0.617. The zero-order chi connectivity index (χ0) is 10.3. The third-order valence-corrected chi connectivity index (χ3v) is 1.95. The molecule has 2 aromatic rings. The van der Waals surface area contributed by atoms with Crippen LogP contribution in [-0.2, 0) is 0 Å². The zero-order valence-electron chi connectivity index (χ0n) is 7.45. The average Bonchev–Trinajstić information content (AvgIpc) is 2.27. The van der Waals surface area contributed by atoms with Crippen LogP contribution < -0.4 is 15.0 Å². The van der Waals surface area contributed by atoms with Crippen molar-refractivity contribution < 1.29 is 9.47 Å². The predicted molar refractivity (Wildman–Crippen MR) is 49.7 cm³/mol. The molecule has 0 atom stereocenters. The summed E-state index contributed by atoms with van der Waals surface area (Å²) in [6.07, 6.45) is 5.64. The summed E-state index contributed by atoms with van der Waals surface area (Å²) >= 11 is 0. The van der Waals surface area contributed by atoms with Crippen LogP contribution in [0.4, 0.5) is 0 Å². The Morgan fingerprint density at radius 1 is 1.27 bits per heavy atom. The number of aromatic nitrogens is 3. The van der Waals surface area contributed by atoms with Gasteiger partial charge in [-0.2, -0.15) is 4.98 Å². The summed E-state index contributed by atoms with van der Waals surface area (Å²) in [5, 5.41) is 0. The van der Waals surface area contributed by atoms with E-state index in [2.05, 4.69) is 9.97 Å². The van der Waals surface area contributed by atoms with E-state index in [9.17, 15) is 4.79 Å². The number of ether oxygens (including phenoxy) is 2. The molecule has 0 spiro atoms. The molecule has 3 heterocycles. The van der Waals surface area contributed by atoms with Gasteiger partial charge in [0.1, 0.15) is 12.5 Å². The summed E-state index contributed by atoms with van der Waals surface area (Å²) < 4.78 is 11.5. The first-order valence-electron chi connectivity index (χ1n) is 4.21. The molecular formula is C9H5N3O3. The van der Waals surface area contributed by atoms with Gasteiger partial charge in [0.25, 0.3) is 11.4 Å². The normalized spacial score (nSPS) is 13.1. The zero-order valence-corrected chi connectivity index (χ0v) is 7.45. The highest BCUT2D eigenvalue weighted by Crippen LogP contribution is 2.26. The third kappa shape index (κ3) is 1.15. The van der Waals surface area contributed by atoms with Gasteiger partial charge in [0.2, 0.25) is 11.5 Å². The molecule has 0 saturated carbocycles. The lowest BCUT2D eigenvalue weighted by Gasteiger charge is -2.11. The van der Waals surface area contributed by atoms with Crippen LogP contribution in [0.15, 0.2) is 35.8 Å². The Balaban J connectivity index is 2.38. The van der Waals surface area contributed by atoms with E-state index in [4.69, 9.17) is 9.47 Å². The Labute approximate surface area is 83.4 Å². The van der Waals surface area contributed by atoms with Gasteiger partial charge in [-0.3, -0.25) is 4.79 Å². The van der Waals surface area contributed by atoms with Crippen molar-refractivity contribution in [3.63, 3.8) is 0 Å². The highest BCUT2D eigenvalue weighted by atomic mass is 16.5. The lowest BCUT2D eigenvalue weighted by atomic mass is 10.5. The van der Waals surface area contributed by atoms with E-state index in [0.717, 1.165) is 0 Å². The summed E-state index contributed by atoms with van der Waals surface area (Å²) in [5.41, 5.74) is -0.214. The lowest BCUT2D eigenvalue weighted by molar-refractivity contribution is 0.347. The molecule has 0 N–H and O–H groups in total. The molecular weight excluding hydrogens is 198 g/mol. The van der Waals surface area contributed by atoms with E-state index in [-0.39, 0.29) is 11.3 Å². The standard InChI is InChI=1S/C9H5N3O3/c13-7-1-2-10-9-11-8-6(5-12(7)9)14-3-4-15-8/h1-5H. The monoisotopic (exact) mass is 203 g/mol. The fourth-order valence-corrected chi connectivity index (χ4v) is 1.29. The number of hydrogen-bond acceptors (Lipinski definition) is 5. The second-order valence-corrected chi connectivity index (χ2v) is 2.87. The molecule has 0 fully saturated rings. The average molecular weight is 203 g/mol. The Bertz CT molecular complexity index is 618. The molecule has 6 heteroatoms. The Morgan fingerprint density at radius 2 is 2.13 bits per heavy atom. The van der Waals surface area contributed by atoms with E-state index >= 15 is 0 Å². The number of hydrogen-bond donors (Lipinski definition) is 0. The molecule has 0 aromatic carbocycles. The van der Waals surface area contributed by atoms with Gasteiger partial charge in [-0.05, 0) is 0 Å². The molecule has 15 heavy (non-hydrogen) atoms. The van der Waals surface area contributed by atoms with Crippen LogP contribution in [0.5, 0.6) is 11.6 Å². The SMILES string of the molecule is O=c1ccnc2nc3c(cn12)OC=CO3. The van der Waals surface area contributed by atoms with Crippen LogP contribution >= 0.6 is 0 Å². The van der Waals surface area contributed by atoms with Crippen molar-refractivity contribution >= 4 is 5.78 Å². The van der Waals surface area contributed by atoms with E-state index in [1.807, 2.05) is 0 Å². The molecule has 0 saturated heterocycles. The molecule has 6 nitrogen and oxygen atoms in total. The van der Waals surface area contributed by atoms with E-state index in [0.29, 0.717) is 11.6 Å². The van der Waals surface area contributed by atoms with Gasteiger partial charge in [-0.25, -0.2) is 9.38 Å². The minimum Gasteiger partial charge on any atom is -0.454 e. The Hall–Kier alpha value is -2.37. The molecule has 2 aromatic heterocycles. The van der Waals surface area contributed by atoms with Crippen molar-refractivity contribution in [3.05, 3.63) is 41.3 Å². The van der Waals surface area contributed by atoms with Crippen molar-refractivity contribution in [3.8, 4) is 11.6 Å². The molecule has 0 amide bonds. The second kappa shape index (κ2) is 2.81. The topological polar surface area (TPSA) is 65.7 Å². The third-order valence-electron chi connectivity index (χ3n) is 1.95. The van der Waals surface area contributed by atoms with Gasteiger partial charge in [0.15, 0.2) is 0 Å². The van der Waals surface area contributed by atoms with Gasteiger partial charge < -0.3 is 9.47 Å². The molecule has 1 aliphatic rings. The number of rotatable bonds is 0. The minimum absolute atomic E-state index is 0.214. The molecule has 0 radical (unpaired) electrons. The Kier molecular flexibility index (Phi) is 1.49. The molecule has 74 valence electrons. The summed E-state index contributed by atoms with van der Waals surface area (Å²) in [6.45, 7) is 0. The number of fused-ring (bicyclic) bond motifs is 2. The van der Waals surface area contributed by atoms with Gasteiger partial charge in [0.05, 0.1) is 6.20 Å². The maximum atomic E-state index is 11.4. The minimum atomic E-state index is -0.214. The first kappa shape index (κ1) is 7.98. The van der Waals surface area contributed by atoms with Crippen molar-refractivity contribution in [1.82, 2.24) is 14.4 Å². The molecule has 0 aliphatic carbocycles. The smallest absolute Gasteiger partial charge is 0.267 e. The van der Waals surface area contributed by atoms with Gasteiger partial charge in [-0.15, -0.1) is 0 Å². The van der Waals surface area contributed by atoms with Crippen LogP contribution in [0.25, 0.3) is 5.78 Å². The Morgan fingerprint density at radius 3 is 3.07 bits per heavy atom. The first-order valence-corrected chi connectivity index (χ1v) is 4.21. The van der Waals surface area contributed by atoms with E-state index in [1.54, 1.807) is 0 Å². The lowest BCUT2D eigenvalue weighted by Crippen LogP contribution is -2.15. The van der Waals surface area contributed by atoms with Gasteiger partial charge in [0, 0.05) is 12.3 Å². The summed E-state index contributed by atoms with van der Waals surface area (Å²) in [5.74, 6) is 0.968. The van der Waals surface area contributed by atoms with Crippen LogP contribution in [0, 0.1) is 0 Å². The maximum Gasteiger partial charge on any atom is 0.267 e. The highest BCUT2D eigenvalue weighted by molar-refractivity contribution is 5.41. The van der Waals surface area contributed by atoms with Crippen molar-refractivity contribution in [2.24, 2.45) is 0 Å². The van der Waals surface area contributed by atoms with Crippen LogP contribution in [0.2, 0.25) is 0 Å². The summed E-state index contributed by atoms with van der Waals surface area (Å²) in [6, 6.07) is 1.35. The molecule has 3 rings (SSSR count). The van der Waals surface area contributed by atoms with Crippen molar-refractivity contribution in [2.75, 3.05) is 0 Å². The fourth-order valence-electron chi connectivity index (χ4n) is 1.29. The first-order chi connectivity index (χ1) is 7.34. The largest absolute Gasteiger partial charge is 0.454 e. The highest BCUT2D eigenvalue weighted by Gasteiger charge is 2.12. The number of nitrogens with zero attached hydrogens (tertiary/aromatic N) is 3. The van der Waals surface area contributed by atoms with Gasteiger partial charge in [-0.1, -0.05) is 0 Å². The van der Waals surface area contributed by atoms with E-state index in [1.165, 1.54) is 35.4 Å². The summed E-state index contributed by atoms with van der Waals surface area (Å²) in [4.78, 5) is 19.4.